The number of aromatic nitrogens is 1. The number of amides is 2. The number of nitro benzene ring substituents is 1. The fourth-order valence-corrected chi connectivity index (χ4v) is 4.99. The average molecular weight is 432 g/mol. The van der Waals surface area contributed by atoms with Crippen LogP contribution in [-0.2, 0) is 16.0 Å². The number of para-hydroxylation sites is 1. The number of rotatable bonds is 5. The molecule has 1 N–H and O–H groups in total. The number of nitro groups is 1. The summed E-state index contributed by atoms with van der Waals surface area (Å²) in [5.74, 6) is -0.126. The molecule has 1 fully saturated rings. The number of carbonyl (C=O) groups excluding carboxylic acids is 2. The van der Waals surface area contributed by atoms with Crippen LogP contribution in [-0.4, -0.2) is 50.7 Å². The third-order valence-corrected chi connectivity index (χ3v) is 6.54. The molecular weight excluding hydrogens is 408 g/mol. The lowest BCUT2D eigenvalue weighted by Crippen LogP contribution is -2.63. The van der Waals surface area contributed by atoms with Gasteiger partial charge in [0.15, 0.2) is 0 Å². The van der Waals surface area contributed by atoms with Crippen molar-refractivity contribution in [2.45, 2.75) is 38.3 Å². The van der Waals surface area contributed by atoms with E-state index in [-0.39, 0.29) is 24.0 Å². The first-order chi connectivity index (χ1) is 15.5. The smallest absolute Gasteiger partial charge is 0.269 e. The minimum absolute atomic E-state index is 0.00947. The number of non-ortho nitro benzene ring substituents is 1. The minimum atomic E-state index is -0.583. The van der Waals surface area contributed by atoms with Gasteiger partial charge in [0.2, 0.25) is 11.8 Å². The van der Waals surface area contributed by atoms with Crippen LogP contribution in [0, 0.1) is 10.1 Å². The lowest BCUT2D eigenvalue weighted by atomic mass is 9.86. The molecule has 0 aliphatic carbocycles. The van der Waals surface area contributed by atoms with Gasteiger partial charge in [0.1, 0.15) is 6.04 Å². The molecule has 164 valence electrons. The first-order valence-corrected chi connectivity index (χ1v) is 10.9. The molecule has 1 saturated heterocycles. The third-order valence-electron chi connectivity index (χ3n) is 6.54. The van der Waals surface area contributed by atoms with Crippen molar-refractivity contribution in [3.05, 3.63) is 75.5 Å². The Labute approximate surface area is 185 Å². The number of aromatic amines is 1. The molecule has 2 amide bonds. The number of H-pyrrole nitrogens is 1. The molecule has 3 heterocycles. The van der Waals surface area contributed by atoms with Crippen LogP contribution in [0.1, 0.15) is 42.6 Å². The molecule has 0 saturated carbocycles. The van der Waals surface area contributed by atoms with Gasteiger partial charge in [-0.25, -0.2) is 0 Å². The zero-order chi connectivity index (χ0) is 22.4. The minimum Gasteiger partial charge on any atom is -0.356 e. The van der Waals surface area contributed by atoms with E-state index >= 15 is 0 Å². The molecule has 0 radical (unpaired) electrons. The van der Waals surface area contributed by atoms with E-state index in [4.69, 9.17) is 0 Å². The third kappa shape index (κ3) is 3.14. The number of nitrogens with zero attached hydrogens (tertiary/aromatic N) is 3. The van der Waals surface area contributed by atoms with Crippen LogP contribution in [0.15, 0.2) is 48.5 Å². The van der Waals surface area contributed by atoms with E-state index < -0.39 is 17.0 Å². The van der Waals surface area contributed by atoms with Crippen molar-refractivity contribution in [1.29, 1.82) is 0 Å². The number of hydrogen-bond donors (Lipinski definition) is 1. The van der Waals surface area contributed by atoms with Gasteiger partial charge >= 0.3 is 0 Å². The maximum absolute atomic E-state index is 13.4. The predicted octanol–water partition coefficient (Wildman–Crippen LogP) is 3.56. The van der Waals surface area contributed by atoms with Crippen LogP contribution in [0.3, 0.4) is 0 Å². The molecule has 8 nitrogen and oxygen atoms in total. The summed E-state index contributed by atoms with van der Waals surface area (Å²) in [4.78, 5) is 44.3. The SMILES string of the molecule is CCCCN1CC(=O)N2C(Cc3c([nH]c4ccccc34)C2c2ccc([N+](=O)[O-])cc2)C1=O. The van der Waals surface area contributed by atoms with E-state index in [0.29, 0.717) is 13.0 Å². The number of unbranched alkanes of at least 4 members (excludes halogenated alkanes) is 1. The number of hydrogen-bond acceptors (Lipinski definition) is 4. The van der Waals surface area contributed by atoms with Crippen molar-refractivity contribution in [2.75, 3.05) is 13.1 Å². The quantitative estimate of drug-likeness (QED) is 0.492. The standard InChI is InChI=1S/C24H24N4O4/c1-2-3-12-26-14-21(29)27-20(24(26)30)13-18-17-6-4-5-7-19(17)25-22(18)23(27)15-8-10-16(11-9-15)28(31)32/h4-11,20,23,25H,2-3,12-14H2,1H3. The monoisotopic (exact) mass is 432 g/mol. The summed E-state index contributed by atoms with van der Waals surface area (Å²) in [6.07, 6.45) is 2.26. The van der Waals surface area contributed by atoms with Gasteiger partial charge in [-0.15, -0.1) is 0 Å². The van der Waals surface area contributed by atoms with Gasteiger partial charge in [-0.05, 0) is 35.7 Å². The van der Waals surface area contributed by atoms with Crippen molar-refractivity contribution in [3.8, 4) is 0 Å². The highest BCUT2D eigenvalue weighted by atomic mass is 16.6. The fraction of sp³-hybridized carbons (Fsp3) is 0.333. The first-order valence-electron chi connectivity index (χ1n) is 10.9. The molecule has 0 bridgehead atoms. The summed E-state index contributed by atoms with van der Waals surface area (Å²) in [6.45, 7) is 2.70. The summed E-state index contributed by atoms with van der Waals surface area (Å²) < 4.78 is 0. The van der Waals surface area contributed by atoms with Gasteiger partial charge in [-0.1, -0.05) is 31.5 Å². The van der Waals surface area contributed by atoms with Crippen molar-refractivity contribution in [1.82, 2.24) is 14.8 Å². The van der Waals surface area contributed by atoms with Gasteiger partial charge in [-0.2, -0.15) is 0 Å². The highest BCUT2D eigenvalue weighted by Gasteiger charge is 2.48. The fourth-order valence-electron chi connectivity index (χ4n) is 4.99. The van der Waals surface area contributed by atoms with Gasteiger partial charge in [0.25, 0.3) is 5.69 Å². The number of piperazine rings is 1. The maximum atomic E-state index is 13.4. The Morgan fingerprint density at radius 3 is 2.59 bits per heavy atom. The Morgan fingerprint density at radius 1 is 1.12 bits per heavy atom. The van der Waals surface area contributed by atoms with Gasteiger partial charge in [0, 0.05) is 41.7 Å². The second-order valence-corrected chi connectivity index (χ2v) is 8.45. The first kappa shape index (κ1) is 20.2. The second kappa shape index (κ2) is 7.78. The summed E-state index contributed by atoms with van der Waals surface area (Å²) in [7, 11) is 0. The zero-order valence-electron chi connectivity index (χ0n) is 17.8. The Kier molecular flexibility index (Phi) is 4.92. The van der Waals surface area contributed by atoms with Crippen LogP contribution >= 0.6 is 0 Å². The molecule has 2 unspecified atom stereocenters. The van der Waals surface area contributed by atoms with Gasteiger partial charge in [0.05, 0.1) is 17.5 Å². The number of benzene rings is 2. The van der Waals surface area contributed by atoms with Crippen molar-refractivity contribution in [2.24, 2.45) is 0 Å². The average Bonchev–Trinajstić information content (AvgIpc) is 3.17. The van der Waals surface area contributed by atoms with E-state index in [0.717, 1.165) is 40.6 Å². The maximum Gasteiger partial charge on any atom is 0.269 e. The molecule has 32 heavy (non-hydrogen) atoms. The van der Waals surface area contributed by atoms with Gasteiger partial charge < -0.3 is 14.8 Å². The van der Waals surface area contributed by atoms with Crippen molar-refractivity contribution >= 4 is 28.4 Å². The Hall–Kier alpha value is -3.68. The van der Waals surface area contributed by atoms with Crippen LogP contribution in [0.5, 0.6) is 0 Å². The molecule has 0 spiro atoms. The molecule has 3 aromatic rings. The summed E-state index contributed by atoms with van der Waals surface area (Å²) >= 11 is 0. The summed E-state index contributed by atoms with van der Waals surface area (Å²) in [6, 6.07) is 13.1. The summed E-state index contributed by atoms with van der Waals surface area (Å²) in [5, 5.41) is 12.2. The van der Waals surface area contributed by atoms with Crippen LogP contribution in [0.25, 0.3) is 10.9 Å². The molecule has 1 aromatic heterocycles. The Balaban J connectivity index is 1.65. The molecule has 2 atom stereocenters. The highest BCUT2D eigenvalue weighted by molar-refractivity contribution is 5.97. The van der Waals surface area contributed by atoms with Crippen molar-refractivity contribution < 1.29 is 14.5 Å². The molecule has 8 heteroatoms. The molecule has 2 aliphatic heterocycles. The van der Waals surface area contributed by atoms with E-state index in [2.05, 4.69) is 11.9 Å². The second-order valence-electron chi connectivity index (χ2n) is 8.45. The molecule has 2 aromatic carbocycles. The van der Waals surface area contributed by atoms with E-state index in [1.807, 2.05) is 24.3 Å². The van der Waals surface area contributed by atoms with Gasteiger partial charge in [-0.3, -0.25) is 19.7 Å². The lowest BCUT2D eigenvalue weighted by molar-refractivity contribution is -0.384. The summed E-state index contributed by atoms with van der Waals surface area (Å²) in [5.41, 5.74) is 3.59. The Morgan fingerprint density at radius 2 is 1.88 bits per heavy atom. The van der Waals surface area contributed by atoms with Crippen LogP contribution < -0.4 is 0 Å². The number of fused-ring (bicyclic) bond motifs is 4. The Bertz CT molecular complexity index is 1220. The van der Waals surface area contributed by atoms with Crippen LogP contribution in [0.2, 0.25) is 0 Å². The van der Waals surface area contributed by atoms with Crippen molar-refractivity contribution in [3.63, 3.8) is 0 Å². The molecular formula is C24H24N4O4. The molecule has 5 rings (SSSR count). The largest absolute Gasteiger partial charge is 0.356 e. The topological polar surface area (TPSA) is 99.6 Å². The van der Waals surface area contributed by atoms with E-state index in [1.165, 1.54) is 12.1 Å². The van der Waals surface area contributed by atoms with E-state index in [9.17, 15) is 19.7 Å². The molecule has 2 aliphatic rings. The zero-order valence-corrected chi connectivity index (χ0v) is 17.8. The number of nitrogens with one attached hydrogen (secondary N) is 1. The highest BCUT2D eigenvalue weighted by Crippen LogP contribution is 2.42. The predicted molar refractivity (Wildman–Crippen MR) is 119 cm³/mol. The van der Waals surface area contributed by atoms with E-state index in [1.54, 1.807) is 21.9 Å². The van der Waals surface area contributed by atoms with Crippen LogP contribution in [0.4, 0.5) is 5.69 Å². The normalized spacial score (nSPS) is 20.4. The lowest BCUT2D eigenvalue weighted by Gasteiger charge is -2.47. The number of carbonyl (C=O) groups is 2.